The molecule has 172 valence electrons. The third-order valence-electron chi connectivity index (χ3n) is 6.95. The van der Waals surface area contributed by atoms with E-state index in [2.05, 4.69) is 30.1 Å². The molecule has 0 unspecified atom stereocenters. The van der Waals surface area contributed by atoms with Crippen molar-refractivity contribution in [1.82, 2.24) is 25.1 Å². The van der Waals surface area contributed by atoms with Gasteiger partial charge in [0.25, 0.3) is 0 Å². The molecule has 3 aliphatic rings. The summed E-state index contributed by atoms with van der Waals surface area (Å²) in [4.78, 5) is 32.2. The van der Waals surface area contributed by atoms with E-state index in [0.29, 0.717) is 18.4 Å². The first-order valence-corrected chi connectivity index (χ1v) is 11.4. The average Bonchev–Trinajstić information content (AvgIpc) is 3.20. The van der Waals surface area contributed by atoms with Gasteiger partial charge in [-0.2, -0.15) is 0 Å². The predicted octanol–water partition coefficient (Wildman–Crippen LogP) is 2.36. The van der Waals surface area contributed by atoms with Crippen LogP contribution in [0.25, 0.3) is 0 Å². The smallest absolute Gasteiger partial charge is 0.225 e. The second-order valence-electron chi connectivity index (χ2n) is 8.87. The lowest BCUT2D eigenvalue weighted by molar-refractivity contribution is -0.131. The van der Waals surface area contributed by atoms with Gasteiger partial charge in [0.1, 0.15) is 0 Å². The minimum Gasteiger partial charge on any atom is -0.356 e. The maximum absolute atomic E-state index is 12.7. The molecular formula is C22H36IN7O. The first kappa shape index (κ1) is 24.0. The van der Waals surface area contributed by atoms with Crippen molar-refractivity contribution in [2.45, 2.75) is 44.9 Å². The van der Waals surface area contributed by atoms with Gasteiger partial charge in [0.2, 0.25) is 11.9 Å². The molecule has 2 aliphatic heterocycles. The Morgan fingerprint density at radius 1 is 1.03 bits per heavy atom. The summed E-state index contributed by atoms with van der Waals surface area (Å²) in [6, 6.07) is 1.82. The molecule has 0 bridgehead atoms. The topological polar surface area (TPSA) is 77.0 Å². The van der Waals surface area contributed by atoms with Crippen molar-refractivity contribution in [1.29, 1.82) is 0 Å². The quantitative estimate of drug-likeness (QED) is 0.359. The van der Waals surface area contributed by atoms with Gasteiger partial charge in [-0.1, -0.05) is 19.3 Å². The van der Waals surface area contributed by atoms with E-state index >= 15 is 0 Å². The molecule has 1 spiro atoms. The standard InChI is InChI=1S/C22H35N7O.HI/c1-23-20(29-13-9-22(18-29)7-3-2-4-8-22)26-12-6-19(30)27-14-16-28(17-15-27)21-24-10-5-11-25-21;/h5,10-11H,2-4,6-9,12-18H2,1H3,(H,23,26);1H. The number of aromatic nitrogens is 2. The lowest BCUT2D eigenvalue weighted by Gasteiger charge is -2.35. The number of halogens is 1. The average molecular weight is 541 g/mol. The van der Waals surface area contributed by atoms with Crippen LogP contribution in [0.4, 0.5) is 5.95 Å². The number of likely N-dealkylation sites (tertiary alicyclic amines) is 1. The van der Waals surface area contributed by atoms with Crippen molar-refractivity contribution < 1.29 is 4.79 Å². The summed E-state index contributed by atoms with van der Waals surface area (Å²) < 4.78 is 0. The Morgan fingerprint density at radius 3 is 2.42 bits per heavy atom. The highest BCUT2D eigenvalue weighted by Gasteiger charge is 2.39. The molecule has 1 amide bonds. The van der Waals surface area contributed by atoms with Crippen LogP contribution in [0.2, 0.25) is 0 Å². The first-order chi connectivity index (χ1) is 14.7. The zero-order chi connectivity index (χ0) is 20.8. The van der Waals surface area contributed by atoms with Crippen LogP contribution in [0, 0.1) is 5.41 Å². The van der Waals surface area contributed by atoms with Crippen LogP contribution in [-0.4, -0.2) is 84.5 Å². The molecule has 0 radical (unpaired) electrons. The van der Waals surface area contributed by atoms with Crippen molar-refractivity contribution in [3.8, 4) is 0 Å². The fraction of sp³-hybridized carbons (Fsp3) is 0.727. The normalized spacial score (nSPS) is 21.2. The zero-order valence-corrected chi connectivity index (χ0v) is 21.0. The number of hydrogen-bond donors (Lipinski definition) is 1. The van der Waals surface area contributed by atoms with Gasteiger partial charge in [0.15, 0.2) is 5.96 Å². The van der Waals surface area contributed by atoms with Gasteiger partial charge < -0.3 is 20.0 Å². The monoisotopic (exact) mass is 541 g/mol. The molecule has 8 nitrogen and oxygen atoms in total. The van der Waals surface area contributed by atoms with Crippen LogP contribution in [0.5, 0.6) is 0 Å². The highest BCUT2D eigenvalue weighted by Crippen LogP contribution is 2.43. The summed E-state index contributed by atoms with van der Waals surface area (Å²) >= 11 is 0. The molecule has 4 rings (SSSR count). The minimum absolute atomic E-state index is 0. The summed E-state index contributed by atoms with van der Waals surface area (Å²) in [5.41, 5.74) is 0.508. The van der Waals surface area contributed by atoms with E-state index < -0.39 is 0 Å². The van der Waals surface area contributed by atoms with E-state index in [1.807, 2.05) is 18.0 Å². The van der Waals surface area contributed by atoms with E-state index in [-0.39, 0.29) is 29.9 Å². The van der Waals surface area contributed by atoms with E-state index in [4.69, 9.17) is 0 Å². The largest absolute Gasteiger partial charge is 0.356 e. The maximum atomic E-state index is 12.7. The molecule has 3 fully saturated rings. The molecule has 0 atom stereocenters. The highest BCUT2D eigenvalue weighted by molar-refractivity contribution is 14.0. The number of anilines is 1. The third kappa shape index (κ3) is 5.98. The number of nitrogens with zero attached hydrogens (tertiary/aromatic N) is 6. The van der Waals surface area contributed by atoms with Gasteiger partial charge >= 0.3 is 0 Å². The van der Waals surface area contributed by atoms with Crippen molar-refractivity contribution in [2.24, 2.45) is 10.4 Å². The van der Waals surface area contributed by atoms with Crippen LogP contribution >= 0.6 is 24.0 Å². The molecule has 1 saturated carbocycles. The van der Waals surface area contributed by atoms with E-state index in [1.165, 1.54) is 38.5 Å². The van der Waals surface area contributed by atoms with Crippen molar-refractivity contribution in [2.75, 3.05) is 57.8 Å². The molecule has 31 heavy (non-hydrogen) atoms. The SMILES string of the molecule is CN=C(NCCC(=O)N1CCN(c2ncccn2)CC1)N1CCC2(CCCCC2)C1.I. The number of piperazine rings is 1. The predicted molar refractivity (Wildman–Crippen MR) is 134 cm³/mol. The summed E-state index contributed by atoms with van der Waals surface area (Å²) in [6.45, 7) is 5.83. The van der Waals surface area contributed by atoms with Crippen molar-refractivity contribution in [3.63, 3.8) is 0 Å². The Balaban J connectivity index is 0.00000272. The third-order valence-corrected chi connectivity index (χ3v) is 6.95. The Labute approximate surface area is 202 Å². The summed E-state index contributed by atoms with van der Waals surface area (Å²) in [5.74, 6) is 1.91. The summed E-state index contributed by atoms with van der Waals surface area (Å²) in [6.07, 6.45) is 12.2. The Morgan fingerprint density at radius 2 is 1.74 bits per heavy atom. The molecule has 9 heteroatoms. The number of carbonyl (C=O) groups excluding carboxylic acids is 1. The molecule has 1 aromatic rings. The summed E-state index contributed by atoms with van der Waals surface area (Å²) in [5, 5.41) is 3.44. The summed E-state index contributed by atoms with van der Waals surface area (Å²) in [7, 11) is 1.85. The molecule has 1 aliphatic carbocycles. The minimum atomic E-state index is 0. The fourth-order valence-corrected chi connectivity index (χ4v) is 5.21. The molecule has 1 aromatic heterocycles. The number of carbonyl (C=O) groups is 1. The lowest BCUT2D eigenvalue weighted by atomic mass is 9.73. The van der Waals surface area contributed by atoms with Crippen molar-refractivity contribution >= 4 is 41.8 Å². The van der Waals surface area contributed by atoms with Gasteiger partial charge in [-0.3, -0.25) is 9.79 Å². The number of guanidine groups is 1. The number of aliphatic imine (C=N–C) groups is 1. The maximum Gasteiger partial charge on any atom is 0.225 e. The van der Waals surface area contributed by atoms with Gasteiger partial charge in [0.05, 0.1) is 0 Å². The molecule has 0 aromatic carbocycles. The number of rotatable bonds is 4. The van der Waals surface area contributed by atoms with Crippen LogP contribution in [-0.2, 0) is 4.79 Å². The second kappa shape index (κ2) is 11.3. The number of hydrogen-bond acceptors (Lipinski definition) is 5. The highest BCUT2D eigenvalue weighted by atomic mass is 127. The van der Waals surface area contributed by atoms with Crippen LogP contribution < -0.4 is 10.2 Å². The second-order valence-corrected chi connectivity index (χ2v) is 8.87. The zero-order valence-electron chi connectivity index (χ0n) is 18.6. The van der Waals surface area contributed by atoms with Crippen LogP contribution in [0.15, 0.2) is 23.5 Å². The first-order valence-electron chi connectivity index (χ1n) is 11.4. The van der Waals surface area contributed by atoms with E-state index in [0.717, 1.165) is 51.2 Å². The van der Waals surface area contributed by atoms with Gasteiger partial charge in [0, 0.05) is 71.7 Å². The molecule has 2 saturated heterocycles. The Hall–Kier alpha value is -1.65. The van der Waals surface area contributed by atoms with E-state index in [9.17, 15) is 4.79 Å². The van der Waals surface area contributed by atoms with Gasteiger partial charge in [-0.15, -0.1) is 24.0 Å². The van der Waals surface area contributed by atoms with Crippen LogP contribution in [0.3, 0.4) is 0 Å². The number of nitrogens with one attached hydrogen (secondary N) is 1. The fourth-order valence-electron chi connectivity index (χ4n) is 5.21. The van der Waals surface area contributed by atoms with Crippen molar-refractivity contribution in [3.05, 3.63) is 18.5 Å². The molecule has 1 N–H and O–H groups in total. The van der Waals surface area contributed by atoms with Gasteiger partial charge in [-0.25, -0.2) is 9.97 Å². The lowest BCUT2D eigenvalue weighted by Crippen LogP contribution is -2.50. The van der Waals surface area contributed by atoms with Crippen LogP contribution in [0.1, 0.15) is 44.9 Å². The van der Waals surface area contributed by atoms with Gasteiger partial charge in [-0.05, 0) is 30.7 Å². The number of amides is 1. The Kier molecular flexibility index (Phi) is 8.74. The Bertz CT molecular complexity index is 731. The van der Waals surface area contributed by atoms with E-state index in [1.54, 1.807) is 12.4 Å². The molecule has 3 heterocycles. The molecular weight excluding hydrogens is 505 g/mol.